The lowest BCUT2D eigenvalue weighted by atomic mass is 10.1. The van der Waals surface area contributed by atoms with Crippen LogP contribution in [0.25, 0.3) is 11.3 Å². The Labute approximate surface area is 224 Å². The number of benzene rings is 2. The molecule has 0 unspecified atom stereocenters. The van der Waals surface area contributed by atoms with Gasteiger partial charge in [0.25, 0.3) is 11.8 Å². The summed E-state index contributed by atoms with van der Waals surface area (Å²) in [5.41, 5.74) is 14.9. The summed E-state index contributed by atoms with van der Waals surface area (Å²) in [4.78, 5) is 26.0. The molecule has 4 aromatic rings. The number of hydrogen-bond donors (Lipinski definition) is 4. The molecule has 10 nitrogen and oxygen atoms in total. The van der Waals surface area contributed by atoms with E-state index in [-0.39, 0.29) is 41.3 Å². The van der Waals surface area contributed by atoms with Crippen LogP contribution in [-0.2, 0) is 6.54 Å². The van der Waals surface area contributed by atoms with Crippen LogP contribution in [-0.4, -0.2) is 34.0 Å². The van der Waals surface area contributed by atoms with Crippen LogP contribution in [0.5, 0.6) is 5.88 Å². The molecule has 1 amide bonds. The van der Waals surface area contributed by atoms with Gasteiger partial charge in [-0.2, -0.15) is 5.26 Å². The zero-order chi connectivity index (χ0) is 27.8. The number of hydrogen-bond acceptors (Lipinski definition) is 9. The minimum absolute atomic E-state index is 0.190. The largest absolute Gasteiger partial charge is 0.474 e. The summed E-state index contributed by atoms with van der Waals surface area (Å²) in [6.07, 6.45) is 2.96. The number of rotatable bonds is 10. The zero-order valence-electron chi connectivity index (χ0n) is 21.2. The van der Waals surface area contributed by atoms with Crippen LogP contribution in [0, 0.1) is 17.1 Å². The molecule has 0 aliphatic heterocycles. The number of carbonyl (C=O) groups excluding carboxylic acids is 1. The molecule has 2 aromatic heterocycles. The Bertz CT molecular complexity index is 1490. The molecule has 4 rings (SSSR count). The maximum absolute atomic E-state index is 13.3. The van der Waals surface area contributed by atoms with E-state index in [4.69, 9.17) is 16.2 Å². The number of nitrogen functional groups attached to an aromatic ring is 1. The fourth-order valence-electron chi connectivity index (χ4n) is 3.71. The van der Waals surface area contributed by atoms with Crippen LogP contribution in [0.3, 0.4) is 0 Å². The number of nitrogens with one attached hydrogen (secondary N) is 2. The summed E-state index contributed by atoms with van der Waals surface area (Å²) in [6, 6.07) is 16.6. The van der Waals surface area contributed by atoms with Crippen LogP contribution in [0.2, 0.25) is 0 Å². The highest BCUT2D eigenvalue weighted by atomic mass is 19.1. The first kappa shape index (κ1) is 27.0. The molecule has 0 aliphatic carbocycles. The van der Waals surface area contributed by atoms with Crippen LogP contribution in [0.15, 0.2) is 67.0 Å². The lowest BCUT2D eigenvalue weighted by Gasteiger charge is -2.16. The average Bonchev–Trinajstić information content (AvgIpc) is 2.96. The molecule has 0 spiro atoms. The van der Waals surface area contributed by atoms with Crippen LogP contribution in [0.4, 0.5) is 16.0 Å². The number of nitrogens with two attached hydrogens (primary N) is 2. The second kappa shape index (κ2) is 12.4. The predicted octanol–water partition coefficient (Wildman–Crippen LogP) is 3.57. The molecule has 2 aromatic carbocycles. The van der Waals surface area contributed by atoms with Gasteiger partial charge in [-0.15, -0.1) is 0 Å². The molecule has 0 aliphatic rings. The van der Waals surface area contributed by atoms with Gasteiger partial charge in [0.05, 0.1) is 29.1 Å². The van der Waals surface area contributed by atoms with Gasteiger partial charge in [-0.05, 0) is 36.2 Å². The molecule has 1 atom stereocenters. The fraction of sp³-hybridized carbons (Fsp3) is 0.179. The fourth-order valence-corrected chi connectivity index (χ4v) is 3.71. The Balaban J connectivity index is 1.46. The van der Waals surface area contributed by atoms with Crippen molar-refractivity contribution in [1.82, 2.24) is 20.3 Å². The average molecular weight is 527 g/mol. The quantitative estimate of drug-likeness (QED) is 0.242. The van der Waals surface area contributed by atoms with Crippen molar-refractivity contribution in [2.24, 2.45) is 5.73 Å². The lowest BCUT2D eigenvalue weighted by molar-refractivity contribution is 0.0940. The van der Waals surface area contributed by atoms with E-state index >= 15 is 0 Å². The third-order valence-electron chi connectivity index (χ3n) is 5.81. The summed E-state index contributed by atoms with van der Waals surface area (Å²) in [5, 5.41) is 15.4. The van der Waals surface area contributed by atoms with Crippen LogP contribution in [0.1, 0.15) is 40.0 Å². The van der Waals surface area contributed by atoms with E-state index in [0.717, 1.165) is 16.7 Å². The maximum Gasteiger partial charge on any atom is 0.257 e. The molecule has 0 saturated heterocycles. The topological polar surface area (TPSA) is 165 Å². The Morgan fingerprint density at radius 1 is 1.13 bits per heavy atom. The SMILES string of the molecule is C[C@H](NC(=O)c1cc(C#N)cnc1NCc1ccc(-c2cnc(N)c(OCCN)n2)cc1)c1ccc(F)cc1. The van der Waals surface area contributed by atoms with E-state index in [1.165, 1.54) is 24.4 Å². The molecule has 198 valence electrons. The minimum Gasteiger partial charge on any atom is -0.474 e. The van der Waals surface area contributed by atoms with Gasteiger partial charge < -0.3 is 26.8 Å². The minimum atomic E-state index is -0.413. The van der Waals surface area contributed by atoms with Gasteiger partial charge in [0, 0.05) is 24.8 Å². The molecule has 39 heavy (non-hydrogen) atoms. The Kier molecular flexibility index (Phi) is 8.60. The number of pyridine rings is 1. The lowest BCUT2D eigenvalue weighted by Crippen LogP contribution is -2.28. The summed E-state index contributed by atoms with van der Waals surface area (Å²) in [6.45, 7) is 2.77. The van der Waals surface area contributed by atoms with E-state index in [1.54, 1.807) is 25.3 Å². The van der Waals surface area contributed by atoms with E-state index in [1.807, 2.05) is 30.3 Å². The van der Waals surface area contributed by atoms with E-state index in [2.05, 4.69) is 25.6 Å². The summed E-state index contributed by atoms with van der Waals surface area (Å²) in [5.74, 6) is -0.0211. The summed E-state index contributed by atoms with van der Waals surface area (Å²) >= 11 is 0. The molecular formula is C28H27FN8O2. The van der Waals surface area contributed by atoms with Gasteiger partial charge in [0.1, 0.15) is 24.3 Å². The molecule has 0 saturated carbocycles. The maximum atomic E-state index is 13.3. The van der Waals surface area contributed by atoms with Crippen LogP contribution >= 0.6 is 0 Å². The number of amides is 1. The van der Waals surface area contributed by atoms with Gasteiger partial charge in [-0.1, -0.05) is 36.4 Å². The highest BCUT2D eigenvalue weighted by Crippen LogP contribution is 2.24. The molecule has 0 radical (unpaired) electrons. The summed E-state index contributed by atoms with van der Waals surface area (Å²) < 4.78 is 18.7. The second-order valence-electron chi connectivity index (χ2n) is 8.61. The first-order chi connectivity index (χ1) is 18.9. The third kappa shape index (κ3) is 6.82. The number of halogens is 1. The number of aromatic nitrogens is 3. The molecule has 11 heteroatoms. The number of carbonyl (C=O) groups is 1. The third-order valence-corrected chi connectivity index (χ3v) is 5.81. The highest BCUT2D eigenvalue weighted by molar-refractivity contribution is 5.99. The first-order valence-electron chi connectivity index (χ1n) is 12.1. The molecule has 0 bridgehead atoms. The second-order valence-corrected chi connectivity index (χ2v) is 8.61. The van der Waals surface area contributed by atoms with Crippen LogP contribution < -0.4 is 26.8 Å². The number of ether oxygens (including phenoxy) is 1. The van der Waals surface area contributed by atoms with Gasteiger partial charge in [-0.25, -0.2) is 19.3 Å². The van der Waals surface area contributed by atoms with Gasteiger partial charge in [-0.3, -0.25) is 4.79 Å². The smallest absolute Gasteiger partial charge is 0.257 e. The van der Waals surface area contributed by atoms with Crippen molar-refractivity contribution >= 4 is 17.5 Å². The van der Waals surface area contributed by atoms with Gasteiger partial charge in [0.2, 0.25) is 0 Å². The predicted molar refractivity (Wildman–Crippen MR) is 145 cm³/mol. The highest BCUT2D eigenvalue weighted by Gasteiger charge is 2.17. The normalized spacial score (nSPS) is 11.3. The van der Waals surface area contributed by atoms with Gasteiger partial charge >= 0.3 is 0 Å². The van der Waals surface area contributed by atoms with Crippen molar-refractivity contribution < 1.29 is 13.9 Å². The van der Waals surface area contributed by atoms with E-state index < -0.39 is 5.91 Å². The van der Waals surface area contributed by atoms with Crippen molar-refractivity contribution in [3.8, 4) is 23.2 Å². The van der Waals surface area contributed by atoms with Crippen molar-refractivity contribution in [2.45, 2.75) is 19.5 Å². The number of nitrogens with zero attached hydrogens (tertiary/aromatic N) is 4. The molecule has 0 fully saturated rings. The monoisotopic (exact) mass is 526 g/mol. The Morgan fingerprint density at radius 3 is 2.56 bits per heavy atom. The number of nitriles is 1. The Hall–Kier alpha value is -5.08. The Morgan fingerprint density at radius 2 is 1.87 bits per heavy atom. The van der Waals surface area contributed by atoms with Crippen molar-refractivity contribution in [3.05, 3.63) is 95.1 Å². The first-order valence-corrected chi connectivity index (χ1v) is 12.1. The standard InChI is InChI=1S/C28H27FN8O2/c1-17(20-6-8-22(29)9-7-20)36-27(38)23-12-19(13-31)15-35-26(23)34-14-18-2-4-21(5-3-18)24-16-33-25(32)28(37-24)39-11-10-30/h2-9,12,15-17H,10-11,14,30H2,1H3,(H2,32,33)(H,34,35)(H,36,38)/t17-/m0/s1. The molecular weight excluding hydrogens is 499 g/mol. The zero-order valence-corrected chi connectivity index (χ0v) is 21.2. The summed E-state index contributed by atoms with van der Waals surface area (Å²) in [7, 11) is 0. The van der Waals surface area contributed by atoms with Crippen molar-refractivity contribution in [3.63, 3.8) is 0 Å². The van der Waals surface area contributed by atoms with Crippen molar-refractivity contribution in [2.75, 3.05) is 24.2 Å². The molecule has 2 heterocycles. The number of anilines is 2. The van der Waals surface area contributed by atoms with E-state index in [9.17, 15) is 14.4 Å². The molecule has 6 N–H and O–H groups in total. The van der Waals surface area contributed by atoms with Crippen molar-refractivity contribution in [1.29, 1.82) is 5.26 Å². The van der Waals surface area contributed by atoms with E-state index in [0.29, 0.717) is 24.6 Å². The van der Waals surface area contributed by atoms with Gasteiger partial charge in [0.15, 0.2) is 5.82 Å².